The van der Waals surface area contributed by atoms with Crippen LogP contribution in [0.5, 0.6) is 0 Å². The molecule has 0 rings (SSSR count). The summed E-state index contributed by atoms with van der Waals surface area (Å²) in [5, 5.41) is 6.19. The molecule has 0 heterocycles. The molecule has 0 aromatic heterocycles. The number of ether oxygens (including phenoxy) is 1. The first kappa shape index (κ1) is 20.7. The van der Waals surface area contributed by atoms with E-state index in [9.17, 15) is 4.79 Å². The van der Waals surface area contributed by atoms with Crippen LogP contribution in [0.25, 0.3) is 0 Å². The van der Waals surface area contributed by atoms with Gasteiger partial charge in [-0.05, 0) is 48.5 Å². The zero-order valence-electron chi connectivity index (χ0n) is 15.5. The maximum atomic E-state index is 11.7. The van der Waals surface area contributed by atoms with E-state index in [1.807, 2.05) is 20.8 Å². The predicted molar refractivity (Wildman–Crippen MR) is 92.2 cm³/mol. The first-order valence-corrected chi connectivity index (χ1v) is 7.99. The van der Waals surface area contributed by atoms with Crippen molar-refractivity contribution >= 4 is 11.9 Å². The van der Waals surface area contributed by atoms with Gasteiger partial charge >= 0.3 is 5.97 Å². The molecule has 22 heavy (non-hydrogen) atoms. The molecule has 0 aliphatic heterocycles. The van der Waals surface area contributed by atoms with E-state index in [-0.39, 0.29) is 12.5 Å². The molecule has 0 fully saturated rings. The summed E-state index contributed by atoms with van der Waals surface area (Å²) in [6.07, 6.45) is 0. The average Bonchev–Trinajstić information content (AvgIpc) is 2.34. The Morgan fingerprint density at radius 1 is 1.14 bits per heavy atom. The minimum absolute atomic E-state index is 0.106. The number of nitrogens with one attached hydrogen (secondary N) is 2. The van der Waals surface area contributed by atoms with Crippen molar-refractivity contribution in [1.29, 1.82) is 0 Å². The molecule has 0 aliphatic carbocycles. The molecule has 0 aromatic carbocycles. The van der Waals surface area contributed by atoms with Gasteiger partial charge in [0.25, 0.3) is 0 Å². The fourth-order valence-electron chi connectivity index (χ4n) is 2.17. The Morgan fingerprint density at radius 3 is 2.09 bits per heavy atom. The maximum absolute atomic E-state index is 11.7. The summed E-state index contributed by atoms with van der Waals surface area (Å²) in [4.78, 5) is 18.2. The van der Waals surface area contributed by atoms with Crippen molar-refractivity contribution in [3.05, 3.63) is 0 Å². The highest BCUT2D eigenvalue weighted by atomic mass is 16.6. The quantitative estimate of drug-likeness (QED) is 0.425. The van der Waals surface area contributed by atoms with Crippen LogP contribution >= 0.6 is 0 Å². The molecule has 0 atom stereocenters. The summed E-state index contributed by atoms with van der Waals surface area (Å²) >= 11 is 0. The van der Waals surface area contributed by atoms with Gasteiger partial charge in [-0.1, -0.05) is 0 Å². The molecule has 6 nitrogen and oxygen atoms in total. The van der Waals surface area contributed by atoms with Gasteiger partial charge in [0.1, 0.15) is 12.1 Å². The van der Waals surface area contributed by atoms with E-state index in [2.05, 4.69) is 48.2 Å². The maximum Gasteiger partial charge on any atom is 0.325 e. The Bertz CT molecular complexity index is 352. The van der Waals surface area contributed by atoms with Crippen LogP contribution in [-0.2, 0) is 9.53 Å². The Balaban J connectivity index is 4.16. The summed E-state index contributed by atoms with van der Waals surface area (Å²) < 4.78 is 5.25. The van der Waals surface area contributed by atoms with E-state index in [1.54, 1.807) is 7.05 Å². The van der Waals surface area contributed by atoms with Gasteiger partial charge in [-0.25, -0.2) is 0 Å². The molecule has 0 saturated carbocycles. The van der Waals surface area contributed by atoms with E-state index in [1.165, 1.54) is 0 Å². The molecular weight excluding hydrogens is 280 g/mol. The van der Waals surface area contributed by atoms with Crippen LogP contribution in [0.4, 0.5) is 0 Å². The molecule has 6 heteroatoms. The minimum atomic E-state index is -0.468. The lowest BCUT2D eigenvalue weighted by atomic mass is 10.2. The third-order valence-electron chi connectivity index (χ3n) is 3.03. The van der Waals surface area contributed by atoms with Crippen molar-refractivity contribution in [3.8, 4) is 0 Å². The molecule has 0 spiro atoms. The van der Waals surface area contributed by atoms with Gasteiger partial charge in [0.15, 0.2) is 5.96 Å². The van der Waals surface area contributed by atoms with Gasteiger partial charge in [0.2, 0.25) is 0 Å². The number of nitrogens with zero attached hydrogens (tertiary/aromatic N) is 2. The molecule has 0 aliphatic rings. The SMILES string of the molecule is CN=C(NCCN(C(C)C)C(C)C)NCC(=O)OC(C)(C)C. The normalized spacial score (nSPS) is 13.0. The van der Waals surface area contributed by atoms with Crippen LogP contribution in [0.15, 0.2) is 4.99 Å². The summed E-state index contributed by atoms with van der Waals surface area (Å²) in [7, 11) is 1.69. The highest BCUT2D eigenvalue weighted by molar-refractivity contribution is 5.84. The van der Waals surface area contributed by atoms with Crippen molar-refractivity contribution in [3.63, 3.8) is 0 Å². The zero-order chi connectivity index (χ0) is 17.3. The lowest BCUT2D eigenvalue weighted by Gasteiger charge is -2.30. The van der Waals surface area contributed by atoms with Crippen LogP contribution in [-0.4, -0.2) is 61.2 Å². The van der Waals surface area contributed by atoms with Gasteiger partial charge in [0.05, 0.1) is 0 Å². The van der Waals surface area contributed by atoms with Crippen molar-refractivity contribution < 1.29 is 9.53 Å². The molecular formula is C16H34N4O2. The summed E-state index contributed by atoms with van der Waals surface area (Å²) in [6, 6.07) is 0.997. The first-order valence-electron chi connectivity index (χ1n) is 7.99. The number of esters is 1. The van der Waals surface area contributed by atoms with Crippen molar-refractivity contribution in [1.82, 2.24) is 15.5 Å². The minimum Gasteiger partial charge on any atom is -0.459 e. The Morgan fingerprint density at radius 2 is 1.68 bits per heavy atom. The Kier molecular flexibility index (Phi) is 9.09. The van der Waals surface area contributed by atoms with Crippen LogP contribution in [0.3, 0.4) is 0 Å². The second-order valence-corrected chi connectivity index (χ2v) is 6.86. The monoisotopic (exact) mass is 314 g/mol. The fourth-order valence-corrected chi connectivity index (χ4v) is 2.17. The fraction of sp³-hybridized carbons (Fsp3) is 0.875. The van der Waals surface area contributed by atoms with Crippen LogP contribution in [0.2, 0.25) is 0 Å². The predicted octanol–water partition coefficient (Wildman–Crippen LogP) is 1.61. The van der Waals surface area contributed by atoms with Crippen molar-refractivity contribution in [2.75, 3.05) is 26.7 Å². The van der Waals surface area contributed by atoms with Gasteiger partial charge < -0.3 is 15.4 Å². The van der Waals surface area contributed by atoms with Crippen molar-refractivity contribution in [2.24, 2.45) is 4.99 Å². The third-order valence-corrected chi connectivity index (χ3v) is 3.03. The van der Waals surface area contributed by atoms with Crippen LogP contribution in [0, 0.1) is 0 Å². The number of aliphatic imine (C=N–C) groups is 1. The standard InChI is InChI=1S/C16H34N4O2/c1-12(2)20(13(3)4)10-9-18-15(17-8)19-11-14(21)22-16(5,6)7/h12-13H,9-11H2,1-8H3,(H2,17,18,19). The second-order valence-electron chi connectivity index (χ2n) is 6.86. The van der Waals surface area contributed by atoms with Crippen LogP contribution in [0.1, 0.15) is 48.5 Å². The number of rotatable bonds is 7. The number of carbonyl (C=O) groups is 1. The van der Waals surface area contributed by atoms with Crippen molar-refractivity contribution in [2.45, 2.75) is 66.2 Å². The smallest absolute Gasteiger partial charge is 0.325 e. The molecule has 0 aromatic rings. The van der Waals surface area contributed by atoms with E-state index in [4.69, 9.17) is 4.74 Å². The summed E-state index contributed by atoms with van der Waals surface area (Å²) in [5.41, 5.74) is -0.468. The third kappa shape index (κ3) is 9.60. The lowest BCUT2D eigenvalue weighted by molar-refractivity contribution is -0.153. The topological polar surface area (TPSA) is 66.0 Å². The first-order chi connectivity index (χ1) is 10.1. The summed E-state index contributed by atoms with van der Waals surface area (Å²) in [6.45, 7) is 16.1. The van der Waals surface area contributed by atoms with Gasteiger partial charge in [-0.15, -0.1) is 0 Å². The number of carbonyl (C=O) groups excluding carboxylic acids is 1. The lowest BCUT2D eigenvalue weighted by Crippen LogP contribution is -2.46. The Hall–Kier alpha value is -1.30. The Labute approximate surface area is 135 Å². The van der Waals surface area contributed by atoms with Gasteiger partial charge in [0, 0.05) is 32.2 Å². The van der Waals surface area contributed by atoms with Gasteiger partial charge in [-0.3, -0.25) is 14.7 Å². The molecule has 0 amide bonds. The average molecular weight is 314 g/mol. The molecule has 0 radical (unpaired) electrons. The molecule has 0 bridgehead atoms. The highest BCUT2D eigenvalue weighted by Gasteiger charge is 2.16. The zero-order valence-corrected chi connectivity index (χ0v) is 15.5. The number of hydrogen-bond donors (Lipinski definition) is 2. The highest BCUT2D eigenvalue weighted by Crippen LogP contribution is 2.06. The van der Waals surface area contributed by atoms with E-state index >= 15 is 0 Å². The van der Waals surface area contributed by atoms with E-state index < -0.39 is 5.60 Å². The largest absolute Gasteiger partial charge is 0.459 e. The molecule has 130 valence electrons. The summed E-state index contributed by atoms with van der Waals surface area (Å²) in [5.74, 6) is 0.319. The van der Waals surface area contributed by atoms with E-state index in [0.717, 1.165) is 13.1 Å². The van der Waals surface area contributed by atoms with E-state index in [0.29, 0.717) is 18.0 Å². The molecule has 0 saturated heterocycles. The second kappa shape index (κ2) is 9.66. The van der Waals surface area contributed by atoms with Crippen LogP contribution < -0.4 is 10.6 Å². The van der Waals surface area contributed by atoms with Gasteiger partial charge in [-0.2, -0.15) is 0 Å². The number of hydrogen-bond acceptors (Lipinski definition) is 4. The molecule has 0 unspecified atom stereocenters. The molecule has 2 N–H and O–H groups in total. The number of guanidine groups is 1.